The third-order valence-electron chi connectivity index (χ3n) is 2.01. The summed E-state index contributed by atoms with van der Waals surface area (Å²) in [7, 11) is 5.76. The first-order valence-corrected chi connectivity index (χ1v) is 6.49. The molecule has 17 heavy (non-hydrogen) atoms. The molecule has 0 radical (unpaired) electrons. The maximum absolute atomic E-state index is 4.49. The topological polar surface area (TPSA) is 52.6 Å². The van der Waals surface area contributed by atoms with Crippen molar-refractivity contribution in [2.24, 2.45) is 4.99 Å². The number of hydrogen-bond acceptors (Lipinski definition) is 4. The molecule has 0 atom stereocenters. The lowest BCUT2D eigenvalue weighted by molar-refractivity contribution is 0.697. The molecule has 5 nitrogen and oxygen atoms in total. The molecule has 0 saturated heterocycles. The Morgan fingerprint density at radius 3 is 2.71 bits per heavy atom. The Bertz CT molecular complexity index is 370. The van der Waals surface area contributed by atoms with Gasteiger partial charge in [-0.1, -0.05) is 0 Å². The van der Waals surface area contributed by atoms with Gasteiger partial charge in [-0.25, -0.2) is 4.98 Å². The molecule has 1 rings (SSSR count). The predicted octanol–water partition coefficient (Wildman–Crippen LogP) is 1.28. The Morgan fingerprint density at radius 2 is 2.24 bits per heavy atom. The number of hydrogen-bond donors (Lipinski definition) is 2. The van der Waals surface area contributed by atoms with E-state index in [1.165, 1.54) is 0 Å². The Hall–Kier alpha value is -1.30. The van der Waals surface area contributed by atoms with Gasteiger partial charge in [-0.15, -0.1) is 11.3 Å². The van der Waals surface area contributed by atoms with Gasteiger partial charge in [0.25, 0.3) is 0 Å². The molecule has 0 aliphatic carbocycles. The van der Waals surface area contributed by atoms with E-state index in [1.54, 1.807) is 18.4 Å². The summed E-state index contributed by atoms with van der Waals surface area (Å²) < 4.78 is 0. The fraction of sp³-hybridized carbons (Fsp3) is 0.636. The molecule has 0 spiro atoms. The molecule has 2 N–H and O–H groups in total. The van der Waals surface area contributed by atoms with Crippen LogP contribution in [0.25, 0.3) is 0 Å². The number of thiazole rings is 1. The summed E-state index contributed by atoms with van der Waals surface area (Å²) in [5.41, 5.74) is 1.03. The van der Waals surface area contributed by atoms with Crippen molar-refractivity contribution in [2.75, 3.05) is 26.0 Å². The highest BCUT2D eigenvalue weighted by molar-refractivity contribution is 7.13. The SMILES string of the molecule is CN=C(NCc1csc(N(C)C)n1)NC(C)C. The standard InChI is InChI=1S/C11H21N5S/c1-8(2)14-10(12-3)13-6-9-7-17-11(15-9)16(4)5/h7-8H,6H2,1-5H3,(H2,12,13,14). The number of aromatic nitrogens is 1. The summed E-state index contributed by atoms with van der Waals surface area (Å²) in [5, 5.41) is 9.55. The molecule has 0 bridgehead atoms. The van der Waals surface area contributed by atoms with Gasteiger partial charge < -0.3 is 15.5 Å². The zero-order valence-corrected chi connectivity index (χ0v) is 11.9. The van der Waals surface area contributed by atoms with Gasteiger partial charge in [-0.2, -0.15) is 0 Å². The Kier molecular flexibility index (Phi) is 5.21. The van der Waals surface area contributed by atoms with Crippen molar-refractivity contribution in [3.8, 4) is 0 Å². The molecule has 0 aromatic carbocycles. The van der Waals surface area contributed by atoms with Crippen LogP contribution < -0.4 is 15.5 Å². The van der Waals surface area contributed by atoms with Gasteiger partial charge in [0.1, 0.15) is 0 Å². The highest BCUT2D eigenvalue weighted by Gasteiger charge is 2.05. The smallest absolute Gasteiger partial charge is 0.191 e. The van der Waals surface area contributed by atoms with Gasteiger partial charge in [0.05, 0.1) is 12.2 Å². The third kappa shape index (κ3) is 4.60. The summed E-state index contributed by atoms with van der Waals surface area (Å²) in [6, 6.07) is 0.369. The summed E-state index contributed by atoms with van der Waals surface area (Å²) in [6.45, 7) is 4.86. The second kappa shape index (κ2) is 6.44. The predicted molar refractivity (Wildman–Crippen MR) is 74.9 cm³/mol. The zero-order chi connectivity index (χ0) is 12.8. The molecule has 0 saturated carbocycles. The van der Waals surface area contributed by atoms with Crippen LogP contribution in [0.5, 0.6) is 0 Å². The van der Waals surface area contributed by atoms with Crippen LogP contribution in [0, 0.1) is 0 Å². The van der Waals surface area contributed by atoms with Crippen molar-refractivity contribution < 1.29 is 0 Å². The van der Waals surface area contributed by atoms with E-state index >= 15 is 0 Å². The number of rotatable bonds is 4. The Balaban J connectivity index is 2.48. The summed E-state index contributed by atoms with van der Waals surface area (Å²) in [5.74, 6) is 0.805. The van der Waals surface area contributed by atoms with Gasteiger partial charge in [0.15, 0.2) is 11.1 Å². The van der Waals surface area contributed by atoms with Crippen molar-refractivity contribution >= 4 is 22.4 Å². The van der Waals surface area contributed by atoms with Gasteiger partial charge in [0.2, 0.25) is 0 Å². The van der Waals surface area contributed by atoms with Crippen molar-refractivity contribution in [3.05, 3.63) is 11.1 Å². The largest absolute Gasteiger partial charge is 0.354 e. The normalized spacial score (nSPS) is 11.8. The van der Waals surface area contributed by atoms with E-state index in [0.29, 0.717) is 12.6 Å². The fourth-order valence-electron chi connectivity index (χ4n) is 1.23. The van der Waals surface area contributed by atoms with Crippen molar-refractivity contribution in [3.63, 3.8) is 0 Å². The molecular weight excluding hydrogens is 234 g/mol. The minimum atomic E-state index is 0.369. The second-order valence-corrected chi connectivity index (χ2v) is 5.08. The fourth-order valence-corrected chi connectivity index (χ4v) is 1.98. The molecule has 0 aliphatic rings. The van der Waals surface area contributed by atoms with Crippen LogP contribution in [0.4, 0.5) is 5.13 Å². The zero-order valence-electron chi connectivity index (χ0n) is 11.1. The van der Waals surface area contributed by atoms with Crippen LogP contribution in [0.2, 0.25) is 0 Å². The number of nitrogens with one attached hydrogen (secondary N) is 2. The van der Waals surface area contributed by atoms with Crippen LogP contribution in [0.1, 0.15) is 19.5 Å². The lowest BCUT2D eigenvalue weighted by atomic mass is 10.4. The molecular formula is C11H21N5S. The molecule has 0 unspecified atom stereocenters. The second-order valence-electron chi connectivity index (χ2n) is 4.24. The van der Waals surface area contributed by atoms with Crippen molar-refractivity contribution in [2.45, 2.75) is 26.4 Å². The van der Waals surface area contributed by atoms with Crippen LogP contribution in [-0.2, 0) is 6.54 Å². The molecule has 6 heteroatoms. The average Bonchev–Trinajstić information content (AvgIpc) is 2.72. The van der Waals surface area contributed by atoms with Gasteiger partial charge >= 0.3 is 0 Å². The molecule has 96 valence electrons. The summed E-state index contributed by atoms with van der Waals surface area (Å²) >= 11 is 1.65. The number of anilines is 1. The van der Waals surface area contributed by atoms with Gasteiger partial charge in [-0.05, 0) is 13.8 Å². The molecule has 0 aliphatic heterocycles. The van der Waals surface area contributed by atoms with E-state index in [-0.39, 0.29) is 0 Å². The number of nitrogens with zero attached hydrogens (tertiary/aromatic N) is 3. The van der Waals surface area contributed by atoms with Gasteiger partial charge in [-0.3, -0.25) is 4.99 Å². The first-order chi connectivity index (χ1) is 8.02. The molecule has 0 fully saturated rings. The molecule has 1 aromatic heterocycles. The molecule has 1 heterocycles. The quantitative estimate of drug-likeness (QED) is 0.629. The Labute approximate surface area is 107 Å². The number of guanidine groups is 1. The monoisotopic (exact) mass is 255 g/mol. The highest BCUT2D eigenvalue weighted by atomic mass is 32.1. The summed E-state index contributed by atoms with van der Waals surface area (Å²) in [6.07, 6.45) is 0. The van der Waals surface area contributed by atoms with Crippen molar-refractivity contribution in [1.29, 1.82) is 0 Å². The lowest BCUT2D eigenvalue weighted by Gasteiger charge is -2.13. The van der Waals surface area contributed by atoms with E-state index < -0.39 is 0 Å². The van der Waals surface area contributed by atoms with Crippen LogP contribution >= 0.6 is 11.3 Å². The van der Waals surface area contributed by atoms with Crippen LogP contribution in [0.15, 0.2) is 10.4 Å². The van der Waals surface area contributed by atoms with E-state index in [4.69, 9.17) is 0 Å². The minimum Gasteiger partial charge on any atom is -0.354 e. The van der Waals surface area contributed by atoms with E-state index in [2.05, 4.69) is 39.8 Å². The van der Waals surface area contributed by atoms with E-state index in [9.17, 15) is 0 Å². The number of aliphatic imine (C=N–C) groups is 1. The maximum atomic E-state index is 4.49. The highest BCUT2D eigenvalue weighted by Crippen LogP contribution is 2.17. The average molecular weight is 255 g/mol. The first-order valence-electron chi connectivity index (χ1n) is 5.62. The first kappa shape index (κ1) is 13.8. The van der Waals surface area contributed by atoms with Crippen LogP contribution in [0.3, 0.4) is 0 Å². The Morgan fingerprint density at radius 1 is 1.53 bits per heavy atom. The van der Waals surface area contributed by atoms with E-state index in [0.717, 1.165) is 16.8 Å². The third-order valence-corrected chi connectivity index (χ3v) is 3.07. The summed E-state index contributed by atoms with van der Waals surface area (Å²) in [4.78, 5) is 10.6. The minimum absolute atomic E-state index is 0.369. The molecule has 0 amide bonds. The van der Waals surface area contributed by atoms with E-state index in [1.807, 2.05) is 19.0 Å². The lowest BCUT2D eigenvalue weighted by Crippen LogP contribution is -2.40. The van der Waals surface area contributed by atoms with Crippen molar-refractivity contribution in [1.82, 2.24) is 15.6 Å². The van der Waals surface area contributed by atoms with Gasteiger partial charge in [0, 0.05) is 32.6 Å². The van der Waals surface area contributed by atoms with Crippen LogP contribution in [-0.4, -0.2) is 38.1 Å². The molecule has 1 aromatic rings. The maximum Gasteiger partial charge on any atom is 0.191 e.